The molecule has 0 radical (unpaired) electrons. The lowest BCUT2D eigenvalue weighted by molar-refractivity contribution is 0.0953. The van der Waals surface area contributed by atoms with Crippen molar-refractivity contribution in [1.29, 1.82) is 5.26 Å². The predicted octanol–water partition coefficient (Wildman–Crippen LogP) is 1.18. The average molecular weight is 323 g/mol. The van der Waals surface area contributed by atoms with Gasteiger partial charge in [0.15, 0.2) is 0 Å². The Kier molecular flexibility index (Phi) is 6.29. The zero-order valence-corrected chi connectivity index (χ0v) is 13.0. The molecule has 2 rings (SSSR count). The number of carbonyl (C=O) groups excluding carboxylic acids is 2. The van der Waals surface area contributed by atoms with Crippen LogP contribution in [0.15, 0.2) is 48.8 Å². The van der Waals surface area contributed by atoms with Crippen LogP contribution in [0.4, 0.5) is 4.79 Å². The Labute approximate surface area is 139 Å². The highest BCUT2D eigenvalue weighted by Crippen LogP contribution is 2.03. The number of benzene rings is 1. The van der Waals surface area contributed by atoms with Gasteiger partial charge in [0, 0.05) is 32.0 Å². The Hall–Kier alpha value is -3.40. The summed E-state index contributed by atoms with van der Waals surface area (Å²) in [5, 5.41) is 16.8. The molecular weight excluding hydrogens is 306 g/mol. The molecule has 0 aliphatic rings. The van der Waals surface area contributed by atoms with E-state index in [9.17, 15) is 9.59 Å². The summed E-state index contributed by atoms with van der Waals surface area (Å²) in [6, 6.07) is 12.1. The third kappa shape index (κ3) is 5.42. The van der Waals surface area contributed by atoms with Gasteiger partial charge in [-0.1, -0.05) is 12.1 Å². The quantitative estimate of drug-likeness (QED) is 0.694. The summed E-state index contributed by atoms with van der Waals surface area (Å²) in [7, 11) is 0. The average Bonchev–Trinajstić information content (AvgIpc) is 2.64. The summed E-state index contributed by atoms with van der Waals surface area (Å²) in [6.07, 6.45) is 3.07. The van der Waals surface area contributed by atoms with Crippen LogP contribution in [0.1, 0.15) is 21.5 Å². The van der Waals surface area contributed by atoms with Crippen molar-refractivity contribution in [3.05, 3.63) is 65.5 Å². The molecule has 1 aromatic carbocycles. The third-order valence-electron chi connectivity index (χ3n) is 3.13. The molecule has 0 fully saturated rings. The fraction of sp³-hybridized carbons (Fsp3) is 0.176. The summed E-state index contributed by atoms with van der Waals surface area (Å²) in [6.45, 7) is 0.935. The lowest BCUT2D eigenvalue weighted by Crippen LogP contribution is -2.40. The van der Waals surface area contributed by atoms with Crippen molar-refractivity contribution in [3.8, 4) is 6.07 Å². The number of hydrogen-bond donors (Lipinski definition) is 3. The number of rotatable bonds is 6. The standard InChI is InChI=1S/C17H17N5O2/c18-10-13-3-1-4-14(9-13)11-22-17(24)21-8-7-20-16(23)15-5-2-6-19-12-15/h1-6,9,12H,7-8,11H2,(H,20,23)(H2,21,22,24). The molecule has 7 heteroatoms. The largest absolute Gasteiger partial charge is 0.350 e. The summed E-state index contributed by atoms with van der Waals surface area (Å²) in [5.41, 5.74) is 1.86. The number of carbonyl (C=O) groups is 2. The summed E-state index contributed by atoms with van der Waals surface area (Å²) >= 11 is 0. The van der Waals surface area contributed by atoms with E-state index in [1.54, 1.807) is 36.5 Å². The van der Waals surface area contributed by atoms with Crippen LogP contribution in [0.25, 0.3) is 0 Å². The van der Waals surface area contributed by atoms with E-state index in [4.69, 9.17) is 5.26 Å². The second kappa shape index (κ2) is 8.90. The van der Waals surface area contributed by atoms with E-state index < -0.39 is 0 Å². The van der Waals surface area contributed by atoms with Gasteiger partial charge in [0.05, 0.1) is 17.2 Å². The van der Waals surface area contributed by atoms with Gasteiger partial charge < -0.3 is 16.0 Å². The Morgan fingerprint density at radius 1 is 1.08 bits per heavy atom. The molecule has 3 amide bonds. The summed E-state index contributed by atoms with van der Waals surface area (Å²) in [4.78, 5) is 27.3. The highest BCUT2D eigenvalue weighted by molar-refractivity contribution is 5.93. The molecule has 24 heavy (non-hydrogen) atoms. The Bertz CT molecular complexity index is 740. The van der Waals surface area contributed by atoms with Crippen molar-refractivity contribution in [3.63, 3.8) is 0 Å². The van der Waals surface area contributed by atoms with Gasteiger partial charge in [0.2, 0.25) is 0 Å². The first-order chi connectivity index (χ1) is 11.7. The molecule has 0 spiro atoms. The first kappa shape index (κ1) is 17.0. The van der Waals surface area contributed by atoms with Crippen molar-refractivity contribution in [2.45, 2.75) is 6.54 Å². The van der Waals surface area contributed by atoms with Gasteiger partial charge in [-0.15, -0.1) is 0 Å². The number of hydrogen-bond acceptors (Lipinski definition) is 4. The van der Waals surface area contributed by atoms with Crippen molar-refractivity contribution >= 4 is 11.9 Å². The molecule has 2 aromatic rings. The normalized spacial score (nSPS) is 9.62. The van der Waals surface area contributed by atoms with Gasteiger partial charge in [0.25, 0.3) is 5.91 Å². The van der Waals surface area contributed by atoms with E-state index in [0.29, 0.717) is 30.8 Å². The van der Waals surface area contributed by atoms with Gasteiger partial charge >= 0.3 is 6.03 Å². The maximum Gasteiger partial charge on any atom is 0.315 e. The zero-order valence-electron chi connectivity index (χ0n) is 13.0. The first-order valence-electron chi connectivity index (χ1n) is 7.38. The minimum atomic E-state index is -0.340. The molecule has 0 atom stereocenters. The van der Waals surface area contributed by atoms with Gasteiger partial charge in [-0.05, 0) is 29.8 Å². The van der Waals surface area contributed by atoms with Gasteiger partial charge in [0.1, 0.15) is 0 Å². The smallest absolute Gasteiger partial charge is 0.315 e. The monoisotopic (exact) mass is 323 g/mol. The summed E-state index contributed by atoms with van der Waals surface area (Å²) < 4.78 is 0. The van der Waals surface area contributed by atoms with Gasteiger partial charge in [-0.2, -0.15) is 5.26 Å². The van der Waals surface area contributed by atoms with Crippen LogP contribution in [-0.4, -0.2) is 30.0 Å². The summed E-state index contributed by atoms with van der Waals surface area (Å²) in [5.74, 6) is -0.237. The first-order valence-corrected chi connectivity index (χ1v) is 7.38. The van der Waals surface area contributed by atoms with E-state index in [0.717, 1.165) is 5.56 Å². The molecule has 0 saturated heterocycles. The van der Waals surface area contributed by atoms with E-state index in [1.165, 1.54) is 6.20 Å². The Morgan fingerprint density at radius 2 is 1.92 bits per heavy atom. The molecule has 3 N–H and O–H groups in total. The van der Waals surface area contributed by atoms with Crippen molar-refractivity contribution in [1.82, 2.24) is 20.9 Å². The molecule has 122 valence electrons. The van der Waals surface area contributed by atoms with Crippen LogP contribution in [0.2, 0.25) is 0 Å². The maximum absolute atomic E-state index is 11.8. The number of nitriles is 1. The zero-order chi connectivity index (χ0) is 17.2. The van der Waals surface area contributed by atoms with E-state index >= 15 is 0 Å². The third-order valence-corrected chi connectivity index (χ3v) is 3.13. The predicted molar refractivity (Wildman–Crippen MR) is 88.0 cm³/mol. The van der Waals surface area contributed by atoms with Gasteiger partial charge in [-0.25, -0.2) is 4.79 Å². The fourth-order valence-electron chi connectivity index (χ4n) is 1.95. The highest BCUT2D eigenvalue weighted by atomic mass is 16.2. The molecule has 1 heterocycles. The molecule has 0 aliphatic heterocycles. The van der Waals surface area contributed by atoms with Crippen LogP contribution < -0.4 is 16.0 Å². The van der Waals surface area contributed by atoms with E-state index in [1.807, 2.05) is 12.1 Å². The molecule has 0 aliphatic carbocycles. The minimum Gasteiger partial charge on any atom is -0.350 e. The number of nitrogens with zero attached hydrogens (tertiary/aromatic N) is 2. The number of urea groups is 1. The van der Waals surface area contributed by atoms with Crippen LogP contribution in [0.5, 0.6) is 0 Å². The van der Waals surface area contributed by atoms with Crippen LogP contribution in [0, 0.1) is 11.3 Å². The van der Waals surface area contributed by atoms with E-state index in [2.05, 4.69) is 20.9 Å². The van der Waals surface area contributed by atoms with Gasteiger partial charge in [-0.3, -0.25) is 9.78 Å². The van der Waals surface area contributed by atoms with Crippen molar-refractivity contribution in [2.24, 2.45) is 0 Å². The topological polar surface area (TPSA) is 107 Å². The van der Waals surface area contributed by atoms with Crippen LogP contribution in [-0.2, 0) is 6.54 Å². The molecule has 0 saturated carbocycles. The maximum atomic E-state index is 11.8. The van der Waals surface area contributed by atoms with Crippen molar-refractivity contribution < 1.29 is 9.59 Å². The lowest BCUT2D eigenvalue weighted by Gasteiger charge is -2.09. The Balaban J connectivity index is 1.65. The number of nitrogens with one attached hydrogen (secondary N) is 3. The second-order valence-corrected chi connectivity index (χ2v) is 4.92. The highest BCUT2D eigenvalue weighted by Gasteiger charge is 2.05. The SMILES string of the molecule is N#Cc1cccc(CNC(=O)NCCNC(=O)c2cccnc2)c1. The molecule has 7 nitrogen and oxygen atoms in total. The number of aromatic nitrogens is 1. The number of pyridine rings is 1. The van der Waals surface area contributed by atoms with Crippen LogP contribution >= 0.6 is 0 Å². The lowest BCUT2D eigenvalue weighted by atomic mass is 10.1. The molecule has 1 aromatic heterocycles. The van der Waals surface area contributed by atoms with E-state index in [-0.39, 0.29) is 11.9 Å². The van der Waals surface area contributed by atoms with Crippen molar-refractivity contribution in [2.75, 3.05) is 13.1 Å². The number of amides is 3. The Morgan fingerprint density at radius 3 is 2.67 bits per heavy atom. The minimum absolute atomic E-state index is 0.237. The fourth-order valence-corrected chi connectivity index (χ4v) is 1.95. The molecular formula is C17H17N5O2. The molecule has 0 unspecified atom stereocenters. The van der Waals surface area contributed by atoms with Crippen LogP contribution in [0.3, 0.4) is 0 Å². The second-order valence-electron chi connectivity index (χ2n) is 4.92. The molecule has 0 bridgehead atoms.